The zero-order valence-corrected chi connectivity index (χ0v) is 19.7. The molecule has 5 rings (SSSR count). The molecule has 0 aromatic heterocycles. The van der Waals surface area contributed by atoms with Crippen LogP contribution < -0.4 is 5.32 Å². The van der Waals surface area contributed by atoms with Gasteiger partial charge in [0.1, 0.15) is 18.7 Å². The van der Waals surface area contributed by atoms with Crippen LogP contribution in [0.4, 0.5) is 0 Å². The van der Waals surface area contributed by atoms with Gasteiger partial charge in [0, 0.05) is 28.6 Å². The Morgan fingerprint density at radius 2 is 1.76 bits per heavy atom. The summed E-state index contributed by atoms with van der Waals surface area (Å²) in [6, 6.07) is 16.7. The van der Waals surface area contributed by atoms with Crippen LogP contribution >= 0.6 is 23.2 Å². The Kier molecular flexibility index (Phi) is 6.30. The monoisotopic (exact) mass is 496 g/mol. The van der Waals surface area contributed by atoms with E-state index in [-0.39, 0.29) is 36.7 Å². The molecule has 0 radical (unpaired) electrons. The first-order valence-electron chi connectivity index (χ1n) is 11.1. The Morgan fingerprint density at radius 1 is 1.03 bits per heavy atom. The van der Waals surface area contributed by atoms with E-state index in [1.54, 1.807) is 30.3 Å². The van der Waals surface area contributed by atoms with Crippen LogP contribution in [-0.2, 0) is 20.7 Å². The van der Waals surface area contributed by atoms with Crippen molar-refractivity contribution in [3.8, 4) is 0 Å². The number of amides is 2. The number of nitrogens with zero attached hydrogens (tertiary/aromatic N) is 1. The normalized spacial score (nSPS) is 20.4. The van der Waals surface area contributed by atoms with Gasteiger partial charge >= 0.3 is 0 Å². The minimum atomic E-state index is -0.902. The number of ether oxygens (including phenoxy) is 1. The van der Waals surface area contributed by atoms with Crippen LogP contribution in [0.25, 0.3) is 10.8 Å². The third-order valence-electron chi connectivity index (χ3n) is 6.37. The first-order chi connectivity index (χ1) is 16.4. The fourth-order valence-corrected chi connectivity index (χ4v) is 5.35. The fraction of sp³-hybridized carbons (Fsp3) is 0.269. The molecule has 0 saturated carbocycles. The maximum atomic E-state index is 13.6. The van der Waals surface area contributed by atoms with Gasteiger partial charge in [-0.1, -0.05) is 53.5 Å². The lowest BCUT2D eigenvalue weighted by Gasteiger charge is -2.28. The molecule has 8 heteroatoms. The number of carbonyl (C=O) groups excluding carboxylic acids is 3. The number of nitrogens with one attached hydrogen (secondary N) is 1. The van der Waals surface area contributed by atoms with E-state index in [1.165, 1.54) is 4.90 Å². The van der Waals surface area contributed by atoms with Crippen molar-refractivity contribution in [1.82, 2.24) is 10.2 Å². The molecule has 3 unspecified atom stereocenters. The van der Waals surface area contributed by atoms with Crippen molar-refractivity contribution in [2.24, 2.45) is 0 Å². The minimum absolute atomic E-state index is 0.0110. The van der Waals surface area contributed by atoms with Gasteiger partial charge < -0.3 is 15.0 Å². The molecule has 2 heterocycles. The second-order valence-corrected chi connectivity index (χ2v) is 9.52. The fourth-order valence-electron chi connectivity index (χ4n) is 4.78. The molecule has 2 aliphatic rings. The lowest BCUT2D eigenvalue weighted by Crippen LogP contribution is -2.53. The quantitative estimate of drug-likeness (QED) is 0.577. The zero-order chi connectivity index (χ0) is 23.8. The smallest absolute Gasteiger partial charge is 0.251 e. The number of Topliss-reactive ketones (excluding diaryl/α,β-unsaturated/α-hetero) is 1. The highest BCUT2D eigenvalue weighted by Gasteiger charge is 2.48. The number of halogens is 2. The number of benzene rings is 3. The van der Waals surface area contributed by atoms with E-state index in [9.17, 15) is 14.4 Å². The largest absolute Gasteiger partial charge is 0.368 e. The summed E-state index contributed by atoms with van der Waals surface area (Å²) in [7, 11) is 0. The number of hydrogen-bond acceptors (Lipinski definition) is 4. The van der Waals surface area contributed by atoms with Crippen molar-refractivity contribution >= 4 is 51.6 Å². The molecule has 2 aliphatic heterocycles. The van der Waals surface area contributed by atoms with Crippen LogP contribution in [0.3, 0.4) is 0 Å². The van der Waals surface area contributed by atoms with Crippen LogP contribution in [0.5, 0.6) is 0 Å². The summed E-state index contributed by atoms with van der Waals surface area (Å²) in [6.45, 7) is 0.412. The van der Waals surface area contributed by atoms with Gasteiger partial charge in [-0.15, -0.1) is 0 Å². The molecular weight excluding hydrogens is 475 g/mol. The summed E-state index contributed by atoms with van der Waals surface area (Å²) in [5.74, 6) is -0.806. The first-order valence-corrected chi connectivity index (χ1v) is 11.8. The first kappa shape index (κ1) is 22.8. The molecule has 34 heavy (non-hydrogen) atoms. The zero-order valence-electron chi connectivity index (χ0n) is 18.2. The van der Waals surface area contributed by atoms with Crippen LogP contribution in [0.1, 0.15) is 22.3 Å². The molecule has 0 spiro atoms. The summed E-state index contributed by atoms with van der Waals surface area (Å²) in [6.07, 6.45) is 0.492. The number of hydrogen-bond donors (Lipinski definition) is 1. The highest BCUT2D eigenvalue weighted by atomic mass is 35.5. The summed E-state index contributed by atoms with van der Waals surface area (Å²) in [4.78, 5) is 40.7. The minimum Gasteiger partial charge on any atom is -0.368 e. The average Bonchev–Trinajstić information content (AvgIpc) is 3.40. The van der Waals surface area contributed by atoms with Crippen molar-refractivity contribution in [1.29, 1.82) is 0 Å². The van der Waals surface area contributed by atoms with Crippen molar-refractivity contribution < 1.29 is 19.1 Å². The highest BCUT2D eigenvalue weighted by Crippen LogP contribution is 2.28. The van der Waals surface area contributed by atoms with Crippen LogP contribution in [0, 0.1) is 0 Å². The van der Waals surface area contributed by atoms with Gasteiger partial charge in [-0.05, 0) is 53.1 Å². The van der Waals surface area contributed by atoms with E-state index in [0.29, 0.717) is 34.1 Å². The van der Waals surface area contributed by atoms with E-state index < -0.39 is 12.1 Å². The van der Waals surface area contributed by atoms with Crippen molar-refractivity contribution in [3.05, 3.63) is 81.8 Å². The number of ketones is 1. The summed E-state index contributed by atoms with van der Waals surface area (Å²) in [5, 5.41) is 5.71. The predicted octanol–water partition coefficient (Wildman–Crippen LogP) is 4.06. The van der Waals surface area contributed by atoms with Crippen LogP contribution in [0.15, 0.2) is 60.7 Å². The van der Waals surface area contributed by atoms with Crippen molar-refractivity contribution in [3.63, 3.8) is 0 Å². The summed E-state index contributed by atoms with van der Waals surface area (Å²) >= 11 is 12.3. The summed E-state index contributed by atoms with van der Waals surface area (Å²) in [5.41, 5.74) is 1.15. The Morgan fingerprint density at radius 3 is 2.53 bits per heavy atom. The average molecular weight is 497 g/mol. The lowest BCUT2D eigenvalue weighted by atomic mass is 10.0. The van der Waals surface area contributed by atoms with Gasteiger partial charge in [0.2, 0.25) is 5.91 Å². The maximum absolute atomic E-state index is 13.6. The standard InChI is InChI=1S/C26H22Cl2N2O4/c27-19-9-15(10-20(28)13-19)11-21(26(33)30-8-7-23-24(30)22(31)14-34-23)29-25(32)18-6-5-16-3-1-2-4-17(16)12-18/h1-6,9-10,12-13,21,23-24H,7-8,11,14H2,(H,29,32). The van der Waals surface area contributed by atoms with Gasteiger partial charge in [0.05, 0.1) is 6.10 Å². The lowest BCUT2D eigenvalue weighted by molar-refractivity contribution is -0.138. The third-order valence-corrected chi connectivity index (χ3v) is 6.81. The topological polar surface area (TPSA) is 75.7 Å². The van der Waals surface area contributed by atoms with E-state index in [4.69, 9.17) is 27.9 Å². The molecule has 3 atom stereocenters. The molecule has 0 bridgehead atoms. The van der Waals surface area contributed by atoms with Gasteiger partial charge in [-0.2, -0.15) is 0 Å². The second kappa shape index (κ2) is 9.37. The van der Waals surface area contributed by atoms with Crippen molar-refractivity contribution in [2.45, 2.75) is 31.0 Å². The molecule has 174 valence electrons. The van der Waals surface area contributed by atoms with E-state index >= 15 is 0 Å². The summed E-state index contributed by atoms with van der Waals surface area (Å²) < 4.78 is 5.52. The van der Waals surface area contributed by atoms with Gasteiger partial charge in [0.15, 0.2) is 5.78 Å². The number of likely N-dealkylation sites (tertiary alicyclic amines) is 1. The Labute approximate surface area is 206 Å². The Hall–Kier alpha value is -2.93. The van der Waals surface area contributed by atoms with Crippen molar-refractivity contribution in [2.75, 3.05) is 13.2 Å². The molecule has 6 nitrogen and oxygen atoms in total. The number of carbonyl (C=O) groups is 3. The molecule has 2 fully saturated rings. The predicted molar refractivity (Wildman–Crippen MR) is 130 cm³/mol. The number of rotatable bonds is 5. The Balaban J connectivity index is 1.43. The van der Waals surface area contributed by atoms with E-state index in [1.807, 2.05) is 30.3 Å². The highest BCUT2D eigenvalue weighted by molar-refractivity contribution is 6.34. The molecular formula is C26H22Cl2N2O4. The van der Waals surface area contributed by atoms with E-state index in [2.05, 4.69) is 5.32 Å². The van der Waals surface area contributed by atoms with Crippen LogP contribution in [0.2, 0.25) is 10.0 Å². The second-order valence-electron chi connectivity index (χ2n) is 8.65. The number of fused-ring (bicyclic) bond motifs is 2. The molecule has 3 aromatic rings. The maximum Gasteiger partial charge on any atom is 0.251 e. The Bertz CT molecular complexity index is 1270. The van der Waals surface area contributed by atoms with E-state index in [0.717, 1.165) is 10.8 Å². The van der Waals surface area contributed by atoms with Gasteiger partial charge in [-0.3, -0.25) is 14.4 Å². The molecule has 2 saturated heterocycles. The molecule has 0 aliphatic carbocycles. The SMILES string of the molecule is O=C(NC(Cc1cc(Cl)cc(Cl)c1)C(=O)N1CCC2OCC(=O)C21)c1ccc2ccccc2c1. The molecule has 2 amide bonds. The van der Waals surface area contributed by atoms with Gasteiger partial charge in [0.25, 0.3) is 5.91 Å². The molecule has 3 aromatic carbocycles. The van der Waals surface area contributed by atoms with Crippen LogP contribution in [-0.4, -0.2) is 53.8 Å². The molecule has 1 N–H and O–H groups in total. The third kappa shape index (κ3) is 4.53. The van der Waals surface area contributed by atoms with Gasteiger partial charge in [-0.25, -0.2) is 0 Å².